The van der Waals surface area contributed by atoms with E-state index in [1.54, 1.807) is 24.3 Å². The summed E-state index contributed by atoms with van der Waals surface area (Å²) < 4.78 is 27.0. The molecule has 0 saturated carbocycles. The molecular weight excluding hydrogens is 336 g/mol. The van der Waals surface area contributed by atoms with Crippen LogP contribution in [-0.2, 0) is 16.6 Å². The third-order valence-corrected chi connectivity index (χ3v) is 4.40. The van der Waals surface area contributed by atoms with E-state index in [-0.39, 0.29) is 23.7 Å². The summed E-state index contributed by atoms with van der Waals surface area (Å²) in [5.41, 5.74) is 1.25. The van der Waals surface area contributed by atoms with Gasteiger partial charge in [0.15, 0.2) is 4.96 Å². The number of nitrogens with zero attached hydrogens (tertiary/aromatic N) is 2. The first-order valence-electron chi connectivity index (χ1n) is 6.68. The van der Waals surface area contributed by atoms with Gasteiger partial charge in [-0.2, -0.15) is 0 Å². The molecule has 2 N–H and O–H groups in total. The first kappa shape index (κ1) is 15.5. The van der Waals surface area contributed by atoms with Gasteiger partial charge in [-0.05, 0) is 12.1 Å². The monoisotopic (exact) mass is 350 g/mol. The Hall–Kier alpha value is -2.39. The fourth-order valence-electron chi connectivity index (χ4n) is 2.10. The lowest BCUT2D eigenvalue weighted by atomic mass is 10.1. The maximum atomic E-state index is 12.3. The van der Waals surface area contributed by atoms with Gasteiger partial charge in [0.25, 0.3) is 5.91 Å². The summed E-state index contributed by atoms with van der Waals surface area (Å²) in [6, 6.07) is 6.44. The number of imidazole rings is 1. The predicted molar refractivity (Wildman–Crippen MR) is 89.1 cm³/mol. The second-order valence-electron chi connectivity index (χ2n) is 4.93. The number of aromatic nitrogens is 2. The average Bonchev–Trinajstić information content (AvgIpc) is 3.04. The fraction of sp³-hybridized carbons (Fsp3) is 0.143. The van der Waals surface area contributed by atoms with Crippen LogP contribution in [0, 0.1) is 0 Å². The lowest BCUT2D eigenvalue weighted by Gasteiger charge is -2.10. The third kappa shape index (κ3) is 3.69. The molecule has 1 aromatic carbocycles. The van der Waals surface area contributed by atoms with Crippen LogP contribution in [0.25, 0.3) is 4.96 Å². The summed E-state index contributed by atoms with van der Waals surface area (Å²) in [4.78, 5) is 17.5. The molecule has 2 aromatic heterocycles. The normalized spacial score (nSPS) is 11.5. The fourth-order valence-corrected chi connectivity index (χ4v) is 3.39. The van der Waals surface area contributed by atoms with Crippen LogP contribution in [-0.4, -0.2) is 30.0 Å². The molecule has 0 saturated heterocycles. The van der Waals surface area contributed by atoms with Crippen molar-refractivity contribution in [3.63, 3.8) is 0 Å². The molecule has 1 amide bonds. The van der Waals surface area contributed by atoms with Gasteiger partial charge in [0, 0.05) is 17.8 Å². The van der Waals surface area contributed by atoms with Crippen LogP contribution in [0.3, 0.4) is 0 Å². The average molecular weight is 350 g/mol. The maximum Gasteiger partial charge on any atom is 0.253 e. The Morgan fingerprint density at radius 3 is 2.87 bits per heavy atom. The highest BCUT2D eigenvalue weighted by molar-refractivity contribution is 7.92. The number of thiazole rings is 1. The molecule has 0 aliphatic heterocycles. The van der Waals surface area contributed by atoms with Crippen molar-refractivity contribution in [2.24, 2.45) is 0 Å². The Bertz CT molecular complexity index is 931. The molecule has 2 heterocycles. The van der Waals surface area contributed by atoms with Crippen LogP contribution in [0.2, 0.25) is 0 Å². The minimum absolute atomic E-state index is 0.248. The number of fused-ring (bicyclic) bond motifs is 1. The first-order valence-corrected chi connectivity index (χ1v) is 9.45. The zero-order chi connectivity index (χ0) is 16.4. The van der Waals surface area contributed by atoms with Crippen molar-refractivity contribution in [3.05, 3.63) is 53.3 Å². The minimum Gasteiger partial charge on any atom is -0.346 e. The van der Waals surface area contributed by atoms with E-state index >= 15 is 0 Å². The number of sulfonamides is 1. The molecule has 0 aliphatic carbocycles. The topological polar surface area (TPSA) is 92.6 Å². The van der Waals surface area contributed by atoms with E-state index in [9.17, 15) is 13.2 Å². The Labute approximate surface area is 137 Å². The van der Waals surface area contributed by atoms with E-state index in [1.165, 1.54) is 11.3 Å². The minimum atomic E-state index is -3.45. The van der Waals surface area contributed by atoms with Gasteiger partial charge in [-0.25, -0.2) is 13.4 Å². The maximum absolute atomic E-state index is 12.3. The molecule has 0 fully saturated rings. The molecule has 0 bridgehead atoms. The molecule has 0 unspecified atom stereocenters. The number of carbonyl (C=O) groups excluding carboxylic acids is 1. The lowest BCUT2D eigenvalue weighted by molar-refractivity contribution is 0.0951. The number of carbonyl (C=O) groups is 1. The van der Waals surface area contributed by atoms with Crippen molar-refractivity contribution in [1.29, 1.82) is 0 Å². The number of para-hydroxylation sites is 1. The highest BCUT2D eigenvalue weighted by Gasteiger charge is 2.14. The Morgan fingerprint density at radius 1 is 1.35 bits per heavy atom. The van der Waals surface area contributed by atoms with Crippen molar-refractivity contribution in [1.82, 2.24) is 14.7 Å². The summed E-state index contributed by atoms with van der Waals surface area (Å²) in [7, 11) is -3.45. The smallest absolute Gasteiger partial charge is 0.253 e. The van der Waals surface area contributed by atoms with Gasteiger partial charge in [-0.1, -0.05) is 12.1 Å². The lowest BCUT2D eigenvalue weighted by Crippen LogP contribution is -2.24. The second-order valence-corrected chi connectivity index (χ2v) is 7.55. The van der Waals surface area contributed by atoms with Gasteiger partial charge in [0.2, 0.25) is 10.0 Å². The Kier molecular flexibility index (Phi) is 4.05. The van der Waals surface area contributed by atoms with Gasteiger partial charge in [0.1, 0.15) is 0 Å². The van der Waals surface area contributed by atoms with Gasteiger partial charge < -0.3 is 5.32 Å². The summed E-state index contributed by atoms with van der Waals surface area (Å²) >= 11 is 1.51. The van der Waals surface area contributed by atoms with E-state index in [2.05, 4.69) is 15.0 Å². The highest BCUT2D eigenvalue weighted by atomic mass is 32.2. The summed E-state index contributed by atoms with van der Waals surface area (Å²) in [5, 5.41) is 4.68. The van der Waals surface area contributed by atoms with Crippen LogP contribution in [0.1, 0.15) is 16.1 Å². The number of rotatable bonds is 5. The first-order chi connectivity index (χ1) is 10.9. The van der Waals surface area contributed by atoms with Crippen LogP contribution in [0.4, 0.5) is 5.69 Å². The summed E-state index contributed by atoms with van der Waals surface area (Å²) in [5.74, 6) is -0.367. The largest absolute Gasteiger partial charge is 0.346 e. The van der Waals surface area contributed by atoms with Crippen molar-refractivity contribution in [2.75, 3.05) is 11.0 Å². The molecule has 0 aliphatic rings. The molecule has 3 aromatic rings. The molecule has 0 spiro atoms. The van der Waals surface area contributed by atoms with Gasteiger partial charge in [-0.3, -0.25) is 13.9 Å². The Balaban J connectivity index is 1.74. The van der Waals surface area contributed by atoms with Gasteiger partial charge >= 0.3 is 0 Å². The highest BCUT2D eigenvalue weighted by Crippen LogP contribution is 2.16. The van der Waals surface area contributed by atoms with E-state index in [4.69, 9.17) is 0 Å². The Morgan fingerprint density at radius 2 is 2.13 bits per heavy atom. The van der Waals surface area contributed by atoms with E-state index in [0.29, 0.717) is 0 Å². The van der Waals surface area contributed by atoms with Crippen molar-refractivity contribution in [2.45, 2.75) is 6.54 Å². The molecule has 9 heteroatoms. The van der Waals surface area contributed by atoms with Crippen molar-refractivity contribution >= 4 is 37.9 Å². The molecule has 3 rings (SSSR count). The number of hydrogen-bond acceptors (Lipinski definition) is 5. The standard InChI is InChI=1S/C14H14N4O3S2/c1-23(20,21)17-12-5-3-2-4-11(12)13(19)15-8-10-9-18-6-7-22-14(18)16-10/h2-7,9,17H,8H2,1H3,(H,15,19). The van der Waals surface area contributed by atoms with E-state index < -0.39 is 10.0 Å². The van der Waals surface area contributed by atoms with Gasteiger partial charge in [-0.15, -0.1) is 11.3 Å². The third-order valence-electron chi connectivity index (χ3n) is 3.04. The van der Waals surface area contributed by atoms with Crippen LogP contribution in [0.15, 0.2) is 42.0 Å². The number of amides is 1. The second kappa shape index (κ2) is 6.01. The number of nitrogens with one attached hydrogen (secondary N) is 2. The molecule has 7 nitrogen and oxygen atoms in total. The summed E-state index contributed by atoms with van der Waals surface area (Å²) in [6.45, 7) is 0.264. The molecule has 0 radical (unpaired) electrons. The zero-order valence-corrected chi connectivity index (χ0v) is 13.8. The summed E-state index contributed by atoms with van der Waals surface area (Å²) in [6.07, 6.45) is 4.77. The van der Waals surface area contributed by atoms with Crippen LogP contribution in [0.5, 0.6) is 0 Å². The number of hydrogen-bond donors (Lipinski definition) is 2. The molecule has 23 heavy (non-hydrogen) atoms. The zero-order valence-electron chi connectivity index (χ0n) is 12.2. The van der Waals surface area contributed by atoms with Crippen LogP contribution >= 0.6 is 11.3 Å². The number of anilines is 1. The van der Waals surface area contributed by atoms with Gasteiger partial charge in [0.05, 0.1) is 29.7 Å². The molecule has 0 atom stereocenters. The molecule has 120 valence electrons. The molecular formula is C14H14N4O3S2. The van der Waals surface area contributed by atoms with Crippen molar-refractivity contribution in [3.8, 4) is 0 Å². The number of benzene rings is 1. The van der Waals surface area contributed by atoms with E-state index in [0.717, 1.165) is 16.9 Å². The van der Waals surface area contributed by atoms with Crippen molar-refractivity contribution < 1.29 is 13.2 Å². The predicted octanol–water partition coefficient (Wildman–Crippen LogP) is 1.70. The SMILES string of the molecule is CS(=O)(=O)Nc1ccccc1C(=O)NCc1cn2ccsc2n1. The van der Waals surface area contributed by atoms with Crippen LogP contribution < -0.4 is 10.0 Å². The quantitative estimate of drug-likeness (QED) is 0.732. The van der Waals surface area contributed by atoms with E-state index in [1.807, 2.05) is 22.2 Å².